The van der Waals surface area contributed by atoms with Gasteiger partial charge >= 0.3 is 39.5 Å². The minimum Gasteiger partial charge on any atom is -0.462 e. The quantitative estimate of drug-likeness (QED) is 0.0222. The summed E-state index contributed by atoms with van der Waals surface area (Å²) in [5.41, 5.74) is 0. The maximum absolute atomic E-state index is 13.0. The van der Waals surface area contributed by atoms with Crippen LogP contribution in [-0.4, -0.2) is 96.7 Å². The minimum atomic E-state index is -4.95. The Bertz CT molecular complexity index is 1750. The molecule has 3 unspecified atom stereocenters. The van der Waals surface area contributed by atoms with E-state index in [2.05, 4.69) is 55.4 Å². The van der Waals surface area contributed by atoms with E-state index in [9.17, 15) is 43.2 Å². The van der Waals surface area contributed by atoms with E-state index in [1.807, 2.05) is 0 Å². The Balaban J connectivity index is 5.25. The van der Waals surface area contributed by atoms with E-state index in [1.165, 1.54) is 135 Å². The summed E-state index contributed by atoms with van der Waals surface area (Å²) in [6.07, 6.45) is 40.5. The average Bonchev–Trinajstić information content (AvgIpc) is 3.50. The number of esters is 4. The van der Waals surface area contributed by atoms with Crippen molar-refractivity contribution in [3.63, 3.8) is 0 Å². The lowest BCUT2D eigenvalue weighted by molar-refractivity contribution is -0.161. The zero-order chi connectivity index (χ0) is 65.4. The van der Waals surface area contributed by atoms with Gasteiger partial charge in [0.05, 0.1) is 26.4 Å². The van der Waals surface area contributed by atoms with Crippen molar-refractivity contribution in [2.24, 2.45) is 23.7 Å². The van der Waals surface area contributed by atoms with Crippen LogP contribution in [0.4, 0.5) is 0 Å². The van der Waals surface area contributed by atoms with Crippen molar-refractivity contribution in [3.05, 3.63) is 0 Å². The number of aliphatic hydroxyl groups is 1. The van der Waals surface area contributed by atoms with Crippen LogP contribution in [0.15, 0.2) is 0 Å². The average molecular weight is 1300 g/mol. The topological polar surface area (TPSA) is 237 Å². The Morgan fingerprint density at radius 3 is 0.807 bits per heavy atom. The number of rotatable bonds is 66. The second-order valence-electron chi connectivity index (χ2n) is 26.6. The number of aliphatic hydroxyl groups excluding tert-OH is 1. The van der Waals surface area contributed by atoms with Gasteiger partial charge < -0.3 is 33.8 Å². The zero-order valence-electron chi connectivity index (χ0n) is 57.3. The molecule has 0 aromatic heterocycles. The lowest BCUT2D eigenvalue weighted by Gasteiger charge is -2.21. The maximum atomic E-state index is 13.0. The van der Waals surface area contributed by atoms with Crippen LogP contribution in [-0.2, 0) is 65.4 Å². The molecule has 0 fully saturated rings. The lowest BCUT2D eigenvalue weighted by atomic mass is 10.00. The Hall–Kier alpha value is -1.94. The van der Waals surface area contributed by atoms with Crippen LogP contribution >= 0.6 is 15.6 Å². The number of phosphoric acid groups is 2. The van der Waals surface area contributed by atoms with Gasteiger partial charge in [0, 0.05) is 25.7 Å². The van der Waals surface area contributed by atoms with Crippen LogP contribution in [0, 0.1) is 23.7 Å². The molecule has 0 bridgehead atoms. The van der Waals surface area contributed by atoms with Gasteiger partial charge in [-0.3, -0.25) is 37.3 Å². The van der Waals surface area contributed by atoms with Crippen molar-refractivity contribution in [1.82, 2.24) is 0 Å². The molecule has 6 atom stereocenters. The standard InChI is InChI=1S/C69H134O17P2/c1-9-62(8)48-40-32-26-28-36-44-52-69(74)86-65(56-80-67(72)50-42-34-27-25-31-39-47-61(6)7)58-84-88(77,78)82-54-63(70)53-81-87(75,76)83-57-64(55-79-66(71)49-41-33-23-19-16-12-14-18-22-30-38-46-60(4)5)85-68(73)51-43-35-24-20-15-11-10-13-17-21-29-37-45-59(2)3/h59-65,70H,9-58H2,1-8H3,(H,75,76)(H,77,78)/t62?,63-,64-,65-/m1/s1. The molecule has 0 aromatic rings. The molecule has 0 spiro atoms. The highest BCUT2D eigenvalue weighted by atomic mass is 31.2. The molecule has 88 heavy (non-hydrogen) atoms. The molecule has 0 amide bonds. The first kappa shape index (κ1) is 86.1. The van der Waals surface area contributed by atoms with E-state index in [0.717, 1.165) is 114 Å². The van der Waals surface area contributed by atoms with Gasteiger partial charge in [-0.15, -0.1) is 0 Å². The first-order valence-corrected chi connectivity index (χ1v) is 38.7. The number of hydrogen-bond acceptors (Lipinski definition) is 15. The molecule has 522 valence electrons. The summed E-state index contributed by atoms with van der Waals surface area (Å²) in [6, 6.07) is 0. The fourth-order valence-corrected chi connectivity index (χ4v) is 11.9. The molecule has 0 aromatic carbocycles. The summed E-state index contributed by atoms with van der Waals surface area (Å²) in [6.45, 7) is 14.0. The lowest BCUT2D eigenvalue weighted by Crippen LogP contribution is -2.30. The van der Waals surface area contributed by atoms with E-state index < -0.39 is 97.5 Å². The van der Waals surface area contributed by atoms with Crippen LogP contribution in [0.5, 0.6) is 0 Å². The van der Waals surface area contributed by atoms with E-state index in [0.29, 0.717) is 31.6 Å². The van der Waals surface area contributed by atoms with Crippen molar-refractivity contribution in [2.45, 2.75) is 356 Å². The number of phosphoric ester groups is 2. The van der Waals surface area contributed by atoms with E-state index in [1.54, 1.807) is 0 Å². The third-order valence-electron chi connectivity index (χ3n) is 16.2. The van der Waals surface area contributed by atoms with Gasteiger partial charge in [0.1, 0.15) is 19.3 Å². The van der Waals surface area contributed by atoms with Crippen molar-refractivity contribution >= 4 is 39.5 Å². The van der Waals surface area contributed by atoms with Gasteiger partial charge in [-0.05, 0) is 49.4 Å². The van der Waals surface area contributed by atoms with Crippen molar-refractivity contribution < 1.29 is 80.2 Å². The monoisotopic (exact) mass is 1300 g/mol. The molecule has 19 heteroatoms. The highest BCUT2D eigenvalue weighted by Crippen LogP contribution is 2.45. The second-order valence-corrected chi connectivity index (χ2v) is 29.5. The molecule has 0 rings (SSSR count). The largest absolute Gasteiger partial charge is 0.472 e. The molecule has 0 heterocycles. The summed E-state index contributed by atoms with van der Waals surface area (Å²) in [5.74, 6) is 0.813. The first-order chi connectivity index (χ1) is 42.1. The van der Waals surface area contributed by atoms with Gasteiger partial charge in [-0.2, -0.15) is 0 Å². The smallest absolute Gasteiger partial charge is 0.462 e. The molecule has 0 aliphatic heterocycles. The normalized spacial score (nSPS) is 14.6. The van der Waals surface area contributed by atoms with E-state index >= 15 is 0 Å². The summed E-state index contributed by atoms with van der Waals surface area (Å²) in [5, 5.41) is 10.6. The summed E-state index contributed by atoms with van der Waals surface area (Å²) in [7, 11) is -9.90. The zero-order valence-corrected chi connectivity index (χ0v) is 59.1. The number of ether oxygens (including phenoxy) is 4. The molecule has 0 aliphatic rings. The van der Waals surface area contributed by atoms with E-state index in [-0.39, 0.29) is 25.7 Å². The number of unbranched alkanes of at least 4 members (excludes halogenated alkanes) is 31. The number of hydrogen-bond donors (Lipinski definition) is 3. The van der Waals surface area contributed by atoms with Crippen molar-refractivity contribution in [1.29, 1.82) is 0 Å². The molecule has 17 nitrogen and oxygen atoms in total. The SMILES string of the molecule is CCC(C)CCCCCCCCC(=O)O[C@H](COC(=O)CCCCCCCCC(C)C)COP(=O)(O)OC[C@H](O)COP(=O)(O)OC[C@@H](COC(=O)CCCCCCCCCCCCCC(C)C)OC(=O)CCCCCCCCCCCCCCC(C)C. The van der Waals surface area contributed by atoms with Crippen LogP contribution in [0.3, 0.4) is 0 Å². The fourth-order valence-electron chi connectivity index (χ4n) is 10.3. The molecule has 0 saturated carbocycles. The highest BCUT2D eigenvalue weighted by Gasteiger charge is 2.30. The fraction of sp³-hybridized carbons (Fsp3) is 0.942. The van der Waals surface area contributed by atoms with Crippen LogP contribution in [0.2, 0.25) is 0 Å². The Morgan fingerprint density at radius 2 is 0.545 bits per heavy atom. The van der Waals surface area contributed by atoms with E-state index in [4.69, 9.17) is 37.0 Å². The molecule has 0 aliphatic carbocycles. The molecule has 3 N–H and O–H groups in total. The summed E-state index contributed by atoms with van der Waals surface area (Å²) < 4.78 is 68.2. The second kappa shape index (κ2) is 58.8. The number of carbonyl (C=O) groups is 4. The Morgan fingerprint density at radius 1 is 0.318 bits per heavy atom. The molecular formula is C69H134O17P2. The van der Waals surface area contributed by atoms with Crippen LogP contribution in [0.1, 0.15) is 338 Å². The molecule has 0 radical (unpaired) electrons. The van der Waals surface area contributed by atoms with Gasteiger partial charge in [0.25, 0.3) is 0 Å². The Kier molecular flexibility index (Phi) is 57.6. The third-order valence-corrected chi connectivity index (χ3v) is 18.1. The number of carbonyl (C=O) groups excluding carboxylic acids is 4. The summed E-state index contributed by atoms with van der Waals surface area (Å²) >= 11 is 0. The minimum absolute atomic E-state index is 0.101. The maximum Gasteiger partial charge on any atom is 0.472 e. The van der Waals surface area contributed by atoms with Gasteiger partial charge in [-0.25, -0.2) is 9.13 Å². The van der Waals surface area contributed by atoms with Crippen LogP contribution in [0.25, 0.3) is 0 Å². The van der Waals surface area contributed by atoms with Gasteiger partial charge in [-0.1, -0.05) is 287 Å². The van der Waals surface area contributed by atoms with Crippen LogP contribution < -0.4 is 0 Å². The first-order valence-electron chi connectivity index (χ1n) is 35.7. The third kappa shape index (κ3) is 61.6. The molecular weight excluding hydrogens is 1160 g/mol. The predicted molar refractivity (Wildman–Crippen MR) is 354 cm³/mol. The van der Waals surface area contributed by atoms with Gasteiger partial charge in [0.2, 0.25) is 0 Å². The molecule has 0 saturated heterocycles. The van der Waals surface area contributed by atoms with Gasteiger partial charge in [0.15, 0.2) is 12.2 Å². The predicted octanol–water partition coefficient (Wildman–Crippen LogP) is 19.3. The highest BCUT2D eigenvalue weighted by molar-refractivity contribution is 7.47. The summed E-state index contributed by atoms with van der Waals surface area (Å²) in [4.78, 5) is 72.4. The van der Waals surface area contributed by atoms with Crippen molar-refractivity contribution in [3.8, 4) is 0 Å². The Labute approximate surface area is 537 Å². The van der Waals surface area contributed by atoms with Crippen molar-refractivity contribution in [2.75, 3.05) is 39.6 Å².